The lowest BCUT2D eigenvalue weighted by Gasteiger charge is -2.12. The highest BCUT2D eigenvalue weighted by molar-refractivity contribution is 5.22. The molecule has 0 bridgehead atoms. The molecule has 1 aromatic rings. The topological polar surface area (TPSA) is 44.2 Å². The molecule has 0 saturated heterocycles. The first-order valence-electron chi connectivity index (χ1n) is 4.50. The van der Waals surface area contributed by atoms with Gasteiger partial charge in [0.2, 0.25) is 17.6 Å². The molecule has 1 aromatic heterocycles. The summed E-state index contributed by atoms with van der Waals surface area (Å²) in [5, 5.41) is 0. The van der Waals surface area contributed by atoms with Crippen molar-refractivity contribution >= 4 is 0 Å². The van der Waals surface area contributed by atoms with Gasteiger partial charge in [0.15, 0.2) is 0 Å². The first-order valence-corrected chi connectivity index (χ1v) is 4.50. The van der Waals surface area contributed by atoms with Crippen molar-refractivity contribution in [1.29, 1.82) is 0 Å². The Balaban J connectivity index is 3.11. The van der Waals surface area contributed by atoms with Gasteiger partial charge in [-0.3, -0.25) is 0 Å². The third kappa shape index (κ3) is 3.25. The molecule has 16 heavy (non-hydrogen) atoms. The molecule has 0 unspecified atom stereocenters. The van der Waals surface area contributed by atoms with Crippen molar-refractivity contribution in [3.63, 3.8) is 0 Å². The number of hydrogen-bond donors (Lipinski definition) is 0. The van der Waals surface area contributed by atoms with Gasteiger partial charge in [-0.2, -0.15) is 23.1 Å². The summed E-state index contributed by atoms with van der Waals surface area (Å²) in [5.41, 5.74) is 0. The molecule has 0 N–H and O–H groups in total. The van der Waals surface area contributed by atoms with Crippen LogP contribution in [0.15, 0.2) is 6.07 Å². The van der Waals surface area contributed by atoms with Crippen LogP contribution in [0, 0.1) is 0 Å². The smallest absolute Gasteiger partial charge is 0.451 e. The van der Waals surface area contributed by atoms with Gasteiger partial charge < -0.3 is 9.47 Å². The minimum absolute atomic E-state index is 0.158. The van der Waals surface area contributed by atoms with Crippen molar-refractivity contribution in [1.82, 2.24) is 9.97 Å². The molecule has 0 aliphatic carbocycles. The quantitative estimate of drug-likeness (QED) is 0.807. The third-order valence-electron chi connectivity index (χ3n) is 1.50. The summed E-state index contributed by atoms with van der Waals surface area (Å²) in [7, 11) is 1.22. The second-order valence-electron chi connectivity index (χ2n) is 3.24. The standard InChI is InChI=1S/C9H11F3N2O2/c1-5(2)16-7-4-6(15-3)13-8(14-7)9(10,11)12/h4-5H,1-3H3. The van der Waals surface area contributed by atoms with E-state index < -0.39 is 12.0 Å². The zero-order valence-corrected chi connectivity index (χ0v) is 9.00. The SMILES string of the molecule is COc1cc(OC(C)C)nc(C(F)(F)F)n1. The van der Waals surface area contributed by atoms with E-state index in [4.69, 9.17) is 4.74 Å². The monoisotopic (exact) mass is 236 g/mol. The summed E-state index contributed by atoms with van der Waals surface area (Å²) in [4.78, 5) is 6.45. The molecule has 0 amide bonds. The van der Waals surface area contributed by atoms with Crippen molar-refractivity contribution in [3.05, 3.63) is 11.9 Å². The van der Waals surface area contributed by atoms with Gasteiger partial charge in [-0.25, -0.2) is 0 Å². The summed E-state index contributed by atoms with van der Waals surface area (Å²) in [6.07, 6.45) is -4.90. The first-order chi connectivity index (χ1) is 7.32. The molecule has 0 radical (unpaired) electrons. The largest absolute Gasteiger partial charge is 0.481 e. The molecule has 7 heteroatoms. The second-order valence-corrected chi connectivity index (χ2v) is 3.24. The van der Waals surface area contributed by atoms with Crippen LogP contribution < -0.4 is 9.47 Å². The number of ether oxygens (including phenoxy) is 2. The van der Waals surface area contributed by atoms with Crippen LogP contribution in [0.1, 0.15) is 19.7 Å². The summed E-state index contributed by atoms with van der Waals surface area (Å²) in [6, 6.07) is 1.20. The lowest BCUT2D eigenvalue weighted by atomic mass is 10.4. The summed E-state index contributed by atoms with van der Waals surface area (Å²) in [6.45, 7) is 3.36. The van der Waals surface area contributed by atoms with E-state index >= 15 is 0 Å². The molecule has 1 heterocycles. The Hall–Kier alpha value is -1.53. The number of nitrogens with zero attached hydrogens (tertiary/aromatic N) is 2. The van der Waals surface area contributed by atoms with Crippen LogP contribution in [-0.2, 0) is 6.18 Å². The zero-order valence-electron chi connectivity index (χ0n) is 9.00. The molecule has 0 atom stereocenters. The molecule has 1 rings (SSSR count). The lowest BCUT2D eigenvalue weighted by Crippen LogP contribution is -2.14. The molecule has 0 aromatic carbocycles. The Morgan fingerprint density at radius 3 is 2.19 bits per heavy atom. The number of methoxy groups -OCH3 is 1. The molecular weight excluding hydrogens is 225 g/mol. The van der Waals surface area contributed by atoms with Gasteiger partial charge in [0.1, 0.15) is 0 Å². The molecule has 0 fully saturated rings. The molecule has 0 aliphatic heterocycles. The maximum Gasteiger partial charge on any atom is 0.451 e. The Kier molecular flexibility index (Phi) is 3.56. The van der Waals surface area contributed by atoms with Gasteiger partial charge in [0.25, 0.3) is 0 Å². The molecule has 90 valence electrons. The maximum absolute atomic E-state index is 12.4. The first kappa shape index (κ1) is 12.5. The van der Waals surface area contributed by atoms with Gasteiger partial charge in [-0.1, -0.05) is 0 Å². The fourth-order valence-corrected chi connectivity index (χ4v) is 0.937. The van der Waals surface area contributed by atoms with E-state index in [1.165, 1.54) is 13.2 Å². The minimum Gasteiger partial charge on any atom is -0.481 e. The molecule has 0 saturated carbocycles. The highest BCUT2D eigenvalue weighted by Crippen LogP contribution is 2.29. The van der Waals surface area contributed by atoms with Crippen LogP contribution in [0.4, 0.5) is 13.2 Å². The average molecular weight is 236 g/mol. The van der Waals surface area contributed by atoms with Crippen LogP contribution in [0.2, 0.25) is 0 Å². The van der Waals surface area contributed by atoms with Crippen LogP contribution >= 0.6 is 0 Å². The predicted octanol–water partition coefficient (Wildman–Crippen LogP) is 2.29. The van der Waals surface area contributed by atoms with E-state index in [9.17, 15) is 13.2 Å². The minimum atomic E-state index is -4.62. The Morgan fingerprint density at radius 1 is 1.19 bits per heavy atom. The molecule has 0 spiro atoms. The van der Waals surface area contributed by atoms with Gasteiger partial charge in [0.05, 0.1) is 19.3 Å². The molecule has 4 nitrogen and oxygen atoms in total. The number of rotatable bonds is 3. The van der Waals surface area contributed by atoms with Crippen LogP contribution in [0.25, 0.3) is 0 Å². The Bertz CT molecular complexity index is 366. The van der Waals surface area contributed by atoms with Gasteiger partial charge in [-0.15, -0.1) is 0 Å². The number of halogens is 3. The fraction of sp³-hybridized carbons (Fsp3) is 0.556. The van der Waals surface area contributed by atoms with E-state index in [2.05, 4.69) is 14.7 Å². The lowest BCUT2D eigenvalue weighted by molar-refractivity contribution is -0.145. The van der Waals surface area contributed by atoms with Crippen molar-refractivity contribution in [2.45, 2.75) is 26.1 Å². The van der Waals surface area contributed by atoms with E-state index in [0.29, 0.717) is 0 Å². The third-order valence-corrected chi connectivity index (χ3v) is 1.50. The average Bonchev–Trinajstić information content (AvgIpc) is 2.14. The number of alkyl halides is 3. The number of aromatic nitrogens is 2. The van der Waals surface area contributed by atoms with E-state index in [-0.39, 0.29) is 17.9 Å². The molecule has 0 aliphatic rings. The van der Waals surface area contributed by atoms with Gasteiger partial charge >= 0.3 is 6.18 Å². The summed E-state index contributed by atoms with van der Waals surface area (Å²) >= 11 is 0. The van der Waals surface area contributed by atoms with Crippen LogP contribution in [0.3, 0.4) is 0 Å². The van der Waals surface area contributed by atoms with E-state index in [0.717, 1.165) is 0 Å². The van der Waals surface area contributed by atoms with Crippen molar-refractivity contribution in [2.24, 2.45) is 0 Å². The summed E-state index contributed by atoms with van der Waals surface area (Å²) in [5.74, 6) is -1.62. The maximum atomic E-state index is 12.4. The van der Waals surface area contributed by atoms with E-state index in [1.54, 1.807) is 13.8 Å². The van der Waals surface area contributed by atoms with Crippen molar-refractivity contribution < 1.29 is 22.6 Å². The Morgan fingerprint density at radius 2 is 1.75 bits per heavy atom. The van der Waals surface area contributed by atoms with E-state index in [1.807, 2.05) is 0 Å². The number of hydrogen-bond acceptors (Lipinski definition) is 4. The van der Waals surface area contributed by atoms with Gasteiger partial charge in [-0.05, 0) is 13.8 Å². The van der Waals surface area contributed by atoms with Crippen molar-refractivity contribution in [3.8, 4) is 11.8 Å². The fourth-order valence-electron chi connectivity index (χ4n) is 0.937. The Labute approximate surface area is 90.4 Å². The van der Waals surface area contributed by atoms with Crippen molar-refractivity contribution in [2.75, 3.05) is 7.11 Å². The van der Waals surface area contributed by atoms with Crippen LogP contribution in [0.5, 0.6) is 11.8 Å². The summed E-state index contributed by atoms with van der Waals surface area (Å²) < 4.78 is 46.9. The normalized spacial score (nSPS) is 11.7. The zero-order chi connectivity index (χ0) is 12.3. The highest BCUT2D eigenvalue weighted by Gasteiger charge is 2.36. The van der Waals surface area contributed by atoms with Gasteiger partial charge in [0, 0.05) is 0 Å². The predicted molar refractivity (Wildman–Crippen MR) is 49.4 cm³/mol. The highest BCUT2D eigenvalue weighted by atomic mass is 19.4. The van der Waals surface area contributed by atoms with Crippen LogP contribution in [-0.4, -0.2) is 23.2 Å². The second kappa shape index (κ2) is 4.54. The molecular formula is C9H11F3N2O2.